The molecule has 0 aromatic carbocycles. The fourth-order valence-electron chi connectivity index (χ4n) is 3.17. The predicted octanol–water partition coefficient (Wildman–Crippen LogP) is 0.744. The van der Waals surface area contributed by atoms with E-state index in [1.807, 2.05) is 17.0 Å². The van der Waals surface area contributed by atoms with Gasteiger partial charge in [-0.25, -0.2) is 0 Å². The Morgan fingerprint density at radius 2 is 2.39 bits per heavy atom. The number of rotatable bonds is 3. The van der Waals surface area contributed by atoms with Crippen LogP contribution in [0.15, 0.2) is 24.5 Å². The molecule has 1 saturated heterocycles. The minimum atomic E-state index is -0.0107. The quantitative estimate of drug-likeness (QED) is 0.873. The zero-order valence-electron chi connectivity index (χ0n) is 12.8. The highest BCUT2D eigenvalue weighted by molar-refractivity contribution is 5.94. The monoisotopic (exact) mass is 313 g/mol. The summed E-state index contributed by atoms with van der Waals surface area (Å²) >= 11 is 0. The van der Waals surface area contributed by atoms with Gasteiger partial charge in [0.05, 0.1) is 12.7 Å². The van der Waals surface area contributed by atoms with Crippen LogP contribution < -0.4 is 10.1 Å². The summed E-state index contributed by atoms with van der Waals surface area (Å²) in [7, 11) is 0. The van der Waals surface area contributed by atoms with Crippen LogP contribution in [0.2, 0.25) is 0 Å². The molecule has 1 fully saturated rings. The molecule has 7 heteroatoms. The Morgan fingerprint density at radius 1 is 1.43 bits per heavy atom. The Bertz CT molecular complexity index is 700. The molecule has 0 aliphatic carbocycles. The van der Waals surface area contributed by atoms with E-state index in [2.05, 4.69) is 20.5 Å². The van der Waals surface area contributed by atoms with E-state index in [0.717, 1.165) is 36.4 Å². The summed E-state index contributed by atoms with van der Waals surface area (Å²) in [4.78, 5) is 18.6. The van der Waals surface area contributed by atoms with Crippen molar-refractivity contribution in [1.82, 2.24) is 25.4 Å². The van der Waals surface area contributed by atoms with Gasteiger partial charge in [0.2, 0.25) is 0 Å². The molecular weight excluding hydrogens is 294 g/mol. The van der Waals surface area contributed by atoms with Gasteiger partial charge in [0, 0.05) is 49.9 Å². The summed E-state index contributed by atoms with van der Waals surface area (Å²) in [5.41, 5.74) is 2.64. The molecule has 1 atom stereocenters. The fourth-order valence-corrected chi connectivity index (χ4v) is 3.17. The Kier molecular flexibility index (Phi) is 3.70. The van der Waals surface area contributed by atoms with Crippen molar-refractivity contribution in [1.29, 1.82) is 0 Å². The molecule has 2 aliphatic heterocycles. The fraction of sp³-hybridized carbons (Fsp3) is 0.438. The third-order valence-corrected chi connectivity index (χ3v) is 4.38. The number of ether oxygens (including phenoxy) is 1. The Hall–Kier alpha value is -2.41. The average Bonchev–Trinajstić information content (AvgIpc) is 3.22. The average molecular weight is 313 g/mol. The summed E-state index contributed by atoms with van der Waals surface area (Å²) in [5, 5.41) is 10.5. The van der Waals surface area contributed by atoms with Gasteiger partial charge in [0.25, 0.3) is 5.91 Å². The van der Waals surface area contributed by atoms with Gasteiger partial charge < -0.3 is 15.0 Å². The molecule has 2 aromatic heterocycles. The largest absolute Gasteiger partial charge is 0.487 e. The standard InChI is InChI=1S/C16H19N5O2/c22-16(15-13-9-18-6-3-14(13)19-20-15)21-7-4-12(10-21)23-11-2-1-5-17-8-11/h1-2,5,8,12,18H,3-4,6-7,9-10H2,(H,19,20). The third kappa shape index (κ3) is 2.79. The number of amides is 1. The number of nitrogens with zero attached hydrogens (tertiary/aromatic N) is 3. The third-order valence-electron chi connectivity index (χ3n) is 4.38. The van der Waals surface area contributed by atoms with Gasteiger partial charge >= 0.3 is 0 Å². The van der Waals surface area contributed by atoms with Crippen LogP contribution in [0.4, 0.5) is 0 Å². The minimum absolute atomic E-state index is 0.0102. The summed E-state index contributed by atoms with van der Waals surface area (Å²) in [6.07, 6.45) is 5.14. The molecule has 0 radical (unpaired) electrons. The van der Waals surface area contributed by atoms with E-state index in [-0.39, 0.29) is 12.0 Å². The summed E-state index contributed by atoms with van der Waals surface area (Å²) < 4.78 is 5.89. The first-order valence-electron chi connectivity index (χ1n) is 7.94. The summed E-state index contributed by atoms with van der Waals surface area (Å²) in [5.74, 6) is 0.733. The van der Waals surface area contributed by atoms with Crippen molar-refractivity contribution in [2.45, 2.75) is 25.5 Å². The van der Waals surface area contributed by atoms with E-state index in [4.69, 9.17) is 4.74 Å². The number of nitrogens with one attached hydrogen (secondary N) is 2. The van der Waals surface area contributed by atoms with Crippen LogP contribution in [0.25, 0.3) is 0 Å². The van der Waals surface area contributed by atoms with Crippen molar-refractivity contribution >= 4 is 5.91 Å². The smallest absolute Gasteiger partial charge is 0.274 e. The van der Waals surface area contributed by atoms with Crippen molar-refractivity contribution in [3.8, 4) is 5.75 Å². The molecular formula is C16H19N5O2. The zero-order valence-corrected chi connectivity index (χ0v) is 12.8. The first kappa shape index (κ1) is 14.2. The molecule has 23 heavy (non-hydrogen) atoms. The molecule has 0 saturated carbocycles. The maximum Gasteiger partial charge on any atom is 0.274 e. The molecule has 1 amide bonds. The normalized spacial score (nSPS) is 20.3. The van der Waals surface area contributed by atoms with Crippen LogP contribution in [0, 0.1) is 0 Å². The van der Waals surface area contributed by atoms with Crippen molar-refractivity contribution in [2.75, 3.05) is 19.6 Å². The van der Waals surface area contributed by atoms with Crippen LogP contribution >= 0.6 is 0 Å². The van der Waals surface area contributed by atoms with Gasteiger partial charge in [-0.15, -0.1) is 0 Å². The second kappa shape index (κ2) is 6.00. The van der Waals surface area contributed by atoms with E-state index >= 15 is 0 Å². The van der Waals surface area contributed by atoms with Gasteiger partial charge in [0.15, 0.2) is 5.69 Å². The molecule has 120 valence electrons. The topological polar surface area (TPSA) is 83.1 Å². The molecule has 0 spiro atoms. The highest BCUT2D eigenvalue weighted by Gasteiger charge is 2.31. The van der Waals surface area contributed by atoms with E-state index in [9.17, 15) is 4.79 Å². The lowest BCUT2D eigenvalue weighted by Crippen LogP contribution is -2.33. The Labute approximate surface area is 134 Å². The number of pyridine rings is 1. The van der Waals surface area contributed by atoms with E-state index in [0.29, 0.717) is 25.3 Å². The number of aromatic nitrogens is 3. The van der Waals surface area contributed by atoms with Crippen molar-refractivity contribution < 1.29 is 9.53 Å². The molecule has 4 rings (SSSR count). The highest BCUT2D eigenvalue weighted by Crippen LogP contribution is 2.21. The first-order chi connectivity index (χ1) is 11.3. The number of fused-ring (bicyclic) bond motifs is 1. The molecule has 2 aromatic rings. The van der Waals surface area contributed by atoms with Gasteiger partial charge in [-0.3, -0.25) is 14.9 Å². The van der Waals surface area contributed by atoms with Crippen molar-refractivity contribution in [3.63, 3.8) is 0 Å². The maximum absolute atomic E-state index is 12.7. The molecule has 7 nitrogen and oxygen atoms in total. The van der Waals surface area contributed by atoms with Crippen molar-refractivity contribution in [3.05, 3.63) is 41.5 Å². The first-order valence-corrected chi connectivity index (χ1v) is 7.94. The lowest BCUT2D eigenvalue weighted by molar-refractivity contribution is 0.0765. The van der Waals surface area contributed by atoms with Crippen LogP contribution in [0.1, 0.15) is 28.2 Å². The highest BCUT2D eigenvalue weighted by atomic mass is 16.5. The molecule has 1 unspecified atom stereocenters. The lowest BCUT2D eigenvalue weighted by atomic mass is 10.1. The van der Waals surface area contributed by atoms with Gasteiger partial charge in [-0.1, -0.05) is 0 Å². The van der Waals surface area contributed by atoms with E-state index in [1.54, 1.807) is 12.4 Å². The molecule has 0 bridgehead atoms. The maximum atomic E-state index is 12.7. The van der Waals surface area contributed by atoms with E-state index in [1.165, 1.54) is 0 Å². The predicted molar refractivity (Wildman–Crippen MR) is 83.2 cm³/mol. The van der Waals surface area contributed by atoms with Crippen LogP contribution in [0.3, 0.4) is 0 Å². The molecule has 4 heterocycles. The molecule has 2 N–H and O–H groups in total. The second-order valence-corrected chi connectivity index (χ2v) is 5.92. The SMILES string of the molecule is O=C(c1n[nH]c2c1CNCC2)N1CCC(Oc2cccnc2)C1. The second-order valence-electron chi connectivity index (χ2n) is 5.92. The van der Waals surface area contributed by atoms with Crippen LogP contribution in [-0.2, 0) is 13.0 Å². The minimum Gasteiger partial charge on any atom is -0.487 e. The number of aromatic amines is 1. The van der Waals surface area contributed by atoms with Gasteiger partial charge in [-0.2, -0.15) is 5.10 Å². The number of H-pyrrole nitrogens is 1. The van der Waals surface area contributed by atoms with E-state index < -0.39 is 0 Å². The Morgan fingerprint density at radius 3 is 3.26 bits per heavy atom. The van der Waals surface area contributed by atoms with Crippen LogP contribution in [0.5, 0.6) is 5.75 Å². The number of hydrogen-bond acceptors (Lipinski definition) is 5. The van der Waals surface area contributed by atoms with Crippen molar-refractivity contribution in [2.24, 2.45) is 0 Å². The Balaban J connectivity index is 1.43. The lowest BCUT2D eigenvalue weighted by Gasteiger charge is -2.18. The number of hydrogen-bond donors (Lipinski definition) is 2. The van der Waals surface area contributed by atoms with Crippen LogP contribution in [-0.4, -0.2) is 51.7 Å². The van der Waals surface area contributed by atoms with Gasteiger partial charge in [0.1, 0.15) is 11.9 Å². The number of likely N-dealkylation sites (tertiary alicyclic amines) is 1. The summed E-state index contributed by atoms with van der Waals surface area (Å²) in [6, 6.07) is 3.73. The number of carbonyl (C=O) groups is 1. The summed E-state index contributed by atoms with van der Waals surface area (Å²) in [6.45, 7) is 2.91. The molecule has 2 aliphatic rings. The zero-order chi connectivity index (χ0) is 15.6. The van der Waals surface area contributed by atoms with Gasteiger partial charge in [-0.05, 0) is 12.1 Å². The number of carbonyl (C=O) groups excluding carboxylic acids is 1.